The lowest BCUT2D eigenvalue weighted by atomic mass is 9.90. The minimum absolute atomic E-state index is 0.137. The highest BCUT2D eigenvalue weighted by Crippen LogP contribution is 2.28. The molecule has 1 aliphatic heterocycles. The third-order valence-corrected chi connectivity index (χ3v) is 6.21. The molecule has 2 heterocycles. The van der Waals surface area contributed by atoms with Crippen molar-refractivity contribution in [3.63, 3.8) is 0 Å². The number of carbonyl (C=O) groups excluding carboxylic acids is 1. The molecule has 4 heteroatoms. The van der Waals surface area contributed by atoms with Crippen LogP contribution in [-0.4, -0.2) is 30.0 Å². The number of hydrogen-bond donors (Lipinski definition) is 0. The Hall–Kier alpha value is -1.10. The van der Waals surface area contributed by atoms with E-state index in [2.05, 4.69) is 24.0 Å². The summed E-state index contributed by atoms with van der Waals surface area (Å²) in [6.07, 6.45) is 4.17. The summed E-state index contributed by atoms with van der Waals surface area (Å²) in [4.78, 5) is 19.3. The Morgan fingerprint density at radius 3 is 2.87 bits per heavy atom. The highest BCUT2D eigenvalue weighted by atomic mass is 32.2. The predicted molar refractivity (Wildman–Crippen MR) is 99.6 cm³/mol. The maximum Gasteiger partial charge on any atom is 0.168 e. The lowest BCUT2D eigenvalue weighted by molar-refractivity contribution is 0.0809. The smallest absolute Gasteiger partial charge is 0.168 e. The highest BCUT2D eigenvalue weighted by molar-refractivity contribution is 7.98. The number of Topliss-reactive ketones (excluding diaryl/α,β-unsaturated/α-hetero) is 1. The Bertz CT molecular complexity index is 680. The molecule has 0 aliphatic carbocycles. The third kappa shape index (κ3) is 4.06. The van der Waals surface area contributed by atoms with Crippen LogP contribution in [0.5, 0.6) is 0 Å². The highest BCUT2D eigenvalue weighted by Gasteiger charge is 2.27. The number of carbonyl (C=O) groups is 1. The second-order valence-electron chi connectivity index (χ2n) is 6.15. The van der Waals surface area contributed by atoms with E-state index in [-0.39, 0.29) is 5.92 Å². The molecule has 3 rings (SSSR count). The first-order valence-corrected chi connectivity index (χ1v) is 10.2. The van der Waals surface area contributed by atoms with Gasteiger partial charge >= 0.3 is 0 Å². The number of ketones is 1. The molecule has 0 bridgehead atoms. The van der Waals surface area contributed by atoms with E-state index in [4.69, 9.17) is 0 Å². The van der Waals surface area contributed by atoms with E-state index in [0.717, 1.165) is 42.9 Å². The first-order valence-electron chi connectivity index (χ1n) is 8.12. The quantitative estimate of drug-likeness (QED) is 0.569. The molecule has 2 aromatic rings. The van der Waals surface area contributed by atoms with Crippen LogP contribution in [-0.2, 0) is 6.54 Å². The van der Waals surface area contributed by atoms with Crippen LogP contribution >= 0.6 is 23.1 Å². The fourth-order valence-electron chi connectivity index (χ4n) is 3.27. The van der Waals surface area contributed by atoms with E-state index in [1.54, 1.807) is 11.8 Å². The number of rotatable bonds is 5. The molecule has 1 saturated heterocycles. The number of hydrogen-bond acceptors (Lipinski definition) is 4. The molecule has 1 unspecified atom stereocenters. The summed E-state index contributed by atoms with van der Waals surface area (Å²) >= 11 is 3.52. The number of thiophene rings is 1. The molecule has 23 heavy (non-hydrogen) atoms. The number of aryl methyl sites for hydroxylation is 1. The minimum atomic E-state index is 0.137. The number of nitrogens with zero attached hydrogens (tertiary/aromatic N) is 1. The largest absolute Gasteiger partial charge is 0.298 e. The summed E-state index contributed by atoms with van der Waals surface area (Å²) in [5.41, 5.74) is 0.902. The molecule has 122 valence electrons. The van der Waals surface area contributed by atoms with Crippen molar-refractivity contribution in [2.75, 3.05) is 19.3 Å². The fraction of sp³-hybridized carbons (Fsp3) is 0.421. The number of thioether (sulfide) groups is 1. The lowest BCUT2D eigenvalue weighted by Crippen LogP contribution is -2.38. The molecule has 0 N–H and O–H groups in total. The topological polar surface area (TPSA) is 20.3 Å². The average Bonchev–Trinajstić information content (AvgIpc) is 2.99. The molecule has 1 atom stereocenters. The molecule has 1 aromatic carbocycles. The second-order valence-corrected chi connectivity index (χ2v) is 8.37. The Kier molecular flexibility index (Phi) is 5.57. The zero-order chi connectivity index (χ0) is 16.2. The molecule has 0 radical (unpaired) electrons. The maximum atomic E-state index is 12.9. The van der Waals surface area contributed by atoms with Gasteiger partial charge in [-0.3, -0.25) is 9.69 Å². The zero-order valence-corrected chi connectivity index (χ0v) is 15.4. The fourth-order valence-corrected chi connectivity index (χ4v) is 4.81. The van der Waals surface area contributed by atoms with Crippen LogP contribution in [0.2, 0.25) is 0 Å². The van der Waals surface area contributed by atoms with Gasteiger partial charge in [-0.25, -0.2) is 0 Å². The SMILES string of the molecule is CSc1ccccc1C(=O)C1CCCN(Cc2ccc(C)s2)C1. The Labute approximate surface area is 146 Å². The molecule has 0 spiro atoms. The van der Waals surface area contributed by atoms with Gasteiger partial charge in [-0.05, 0) is 50.8 Å². The van der Waals surface area contributed by atoms with E-state index in [1.165, 1.54) is 9.75 Å². The van der Waals surface area contributed by atoms with Crippen molar-refractivity contribution in [2.45, 2.75) is 31.2 Å². The van der Waals surface area contributed by atoms with Crippen molar-refractivity contribution < 1.29 is 4.79 Å². The van der Waals surface area contributed by atoms with Crippen LogP contribution in [0.1, 0.15) is 33.0 Å². The van der Waals surface area contributed by atoms with Crippen LogP contribution in [0, 0.1) is 12.8 Å². The van der Waals surface area contributed by atoms with Crippen LogP contribution in [0.4, 0.5) is 0 Å². The van der Waals surface area contributed by atoms with E-state index < -0.39 is 0 Å². The molecule has 0 saturated carbocycles. The first-order chi connectivity index (χ1) is 11.2. The van der Waals surface area contributed by atoms with Crippen LogP contribution in [0.25, 0.3) is 0 Å². The van der Waals surface area contributed by atoms with Gasteiger partial charge in [0.2, 0.25) is 0 Å². The van der Waals surface area contributed by atoms with E-state index in [0.29, 0.717) is 5.78 Å². The van der Waals surface area contributed by atoms with Crippen molar-refractivity contribution in [1.82, 2.24) is 4.90 Å². The van der Waals surface area contributed by atoms with Crippen molar-refractivity contribution in [3.05, 3.63) is 51.7 Å². The van der Waals surface area contributed by atoms with E-state index in [9.17, 15) is 4.79 Å². The Morgan fingerprint density at radius 1 is 1.30 bits per heavy atom. The summed E-state index contributed by atoms with van der Waals surface area (Å²) in [7, 11) is 0. The van der Waals surface area contributed by atoms with Gasteiger partial charge in [0.25, 0.3) is 0 Å². The maximum absolute atomic E-state index is 12.9. The number of benzene rings is 1. The lowest BCUT2D eigenvalue weighted by Gasteiger charge is -2.31. The normalized spacial score (nSPS) is 19.0. The summed E-state index contributed by atoms with van der Waals surface area (Å²) in [6.45, 7) is 5.12. The van der Waals surface area contributed by atoms with E-state index in [1.807, 2.05) is 41.9 Å². The van der Waals surface area contributed by atoms with Crippen LogP contribution < -0.4 is 0 Å². The predicted octanol–water partition coefficient (Wildman–Crippen LogP) is 4.87. The van der Waals surface area contributed by atoms with Gasteiger partial charge in [-0.2, -0.15) is 0 Å². The molecular weight excluding hydrogens is 322 g/mol. The zero-order valence-electron chi connectivity index (χ0n) is 13.7. The third-order valence-electron chi connectivity index (χ3n) is 4.42. The van der Waals surface area contributed by atoms with Gasteiger partial charge in [0, 0.05) is 39.2 Å². The van der Waals surface area contributed by atoms with Crippen molar-refractivity contribution in [2.24, 2.45) is 5.92 Å². The summed E-state index contributed by atoms with van der Waals surface area (Å²) in [5.74, 6) is 0.458. The minimum Gasteiger partial charge on any atom is -0.298 e. The standard InChI is InChI=1S/C19H23NOS2/c1-14-9-10-16(23-14)13-20-11-5-6-15(12-20)19(21)17-7-3-4-8-18(17)22-2/h3-4,7-10,15H,5-6,11-13H2,1-2H3. The number of likely N-dealkylation sites (tertiary alicyclic amines) is 1. The van der Waals surface area contributed by atoms with Gasteiger partial charge in [-0.1, -0.05) is 18.2 Å². The molecule has 0 amide bonds. The first kappa shape index (κ1) is 16.7. The van der Waals surface area contributed by atoms with Crippen molar-refractivity contribution in [3.8, 4) is 0 Å². The monoisotopic (exact) mass is 345 g/mol. The van der Waals surface area contributed by atoms with Gasteiger partial charge in [0.1, 0.15) is 0 Å². The molecular formula is C19H23NOS2. The number of piperidine rings is 1. The van der Waals surface area contributed by atoms with Crippen molar-refractivity contribution in [1.29, 1.82) is 0 Å². The molecule has 1 fully saturated rings. The van der Waals surface area contributed by atoms with Crippen molar-refractivity contribution >= 4 is 28.9 Å². The van der Waals surface area contributed by atoms with Gasteiger partial charge in [0.15, 0.2) is 5.78 Å². The molecule has 2 nitrogen and oxygen atoms in total. The summed E-state index contributed by atoms with van der Waals surface area (Å²) in [6, 6.07) is 12.4. The average molecular weight is 346 g/mol. The van der Waals surface area contributed by atoms with Crippen LogP contribution in [0.15, 0.2) is 41.3 Å². The Morgan fingerprint density at radius 2 is 2.13 bits per heavy atom. The molecule has 1 aromatic heterocycles. The van der Waals surface area contributed by atoms with Gasteiger partial charge in [0.05, 0.1) is 0 Å². The Balaban J connectivity index is 1.69. The second kappa shape index (κ2) is 7.65. The van der Waals surface area contributed by atoms with Crippen LogP contribution in [0.3, 0.4) is 0 Å². The van der Waals surface area contributed by atoms with E-state index >= 15 is 0 Å². The van der Waals surface area contributed by atoms with Gasteiger partial charge in [-0.15, -0.1) is 23.1 Å². The van der Waals surface area contributed by atoms with Gasteiger partial charge < -0.3 is 0 Å². The summed E-state index contributed by atoms with van der Waals surface area (Å²) in [5, 5.41) is 0. The molecule has 1 aliphatic rings. The summed E-state index contributed by atoms with van der Waals surface area (Å²) < 4.78 is 0.